The predicted molar refractivity (Wildman–Crippen MR) is 117 cm³/mol. The summed E-state index contributed by atoms with van der Waals surface area (Å²) in [4.78, 5) is 14.8. The number of halogens is 1. The third-order valence-corrected chi connectivity index (χ3v) is 5.27. The third kappa shape index (κ3) is 5.11. The molecular formula is C23H26ClNO4. The number of fused-ring (bicyclic) bond motifs is 1. The molecule has 5 nitrogen and oxygen atoms in total. The van der Waals surface area contributed by atoms with Crippen LogP contribution in [0.5, 0.6) is 11.5 Å². The van der Waals surface area contributed by atoms with E-state index in [4.69, 9.17) is 25.5 Å². The Bertz CT molecular complexity index is 1030. The summed E-state index contributed by atoms with van der Waals surface area (Å²) in [6, 6.07) is 11.9. The van der Waals surface area contributed by atoms with Crippen LogP contribution in [-0.2, 0) is 0 Å². The van der Waals surface area contributed by atoms with E-state index in [2.05, 4.69) is 11.9 Å². The molecule has 1 aliphatic heterocycles. The first-order valence-electron chi connectivity index (χ1n) is 9.67. The zero-order valence-corrected chi connectivity index (χ0v) is 17.8. The molecule has 0 spiro atoms. The monoisotopic (exact) mass is 415 g/mol. The van der Waals surface area contributed by atoms with Crippen molar-refractivity contribution in [2.45, 2.75) is 19.3 Å². The number of hydrogen-bond donors (Lipinski definition) is 0. The molecule has 29 heavy (non-hydrogen) atoms. The van der Waals surface area contributed by atoms with Crippen LogP contribution < -0.4 is 14.9 Å². The molecule has 2 aromatic carbocycles. The number of ether oxygens (including phenoxy) is 2. The molecule has 0 amide bonds. The van der Waals surface area contributed by atoms with Gasteiger partial charge in [-0.15, -0.1) is 0 Å². The summed E-state index contributed by atoms with van der Waals surface area (Å²) in [5.74, 6) is 1.36. The standard InChI is InChI=1S/C17H13ClO4.C6H13N/c1-20-10-7-15(21-2)17-13(19)9-14(22-16(17)8-10)11-5-3-4-6-12(11)18;1-7-5-3-2-4-6-7/h3-9H,1-2H3;2-6H2,1H3. The molecule has 154 valence electrons. The van der Waals surface area contributed by atoms with Crippen molar-refractivity contribution in [2.75, 3.05) is 34.4 Å². The quantitative estimate of drug-likeness (QED) is 0.586. The van der Waals surface area contributed by atoms with Crippen molar-refractivity contribution in [3.63, 3.8) is 0 Å². The van der Waals surface area contributed by atoms with Crippen LogP contribution in [-0.4, -0.2) is 39.3 Å². The summed E-state index contributed by atoms with van der Waals surface area (Å²) in [5.41, 5.74) is 0.847. The van der Waals surface area contributed by atoms with Gasteiger partial charge in [-0.3, -0.25) is 4.79 Å². The first-order chi connectivity index (χ1) is 14.0. The van der Waals surface area contributed by atoms with Gasteiger partial charge in [0.2, 0.25) is 0 Å². The Morgan fingerprint density at radius 1 is 1.00 bits per heavy atom. The third-order valence-electron chi connectivity index (χ3n) is 4.94. The maximum atomic E-state index is 12.4. The molecule has 0 saturated carbocycles. The van der Waals surface area contributed by atoms with Gasteiger partial charge in [0.15, 0.2) is 5.43 Å². The second-order valence-electron chi connectivity index (χ2n) is 7.02. The van der Waals surface area contributed by atoms with Crippen molar-refractivity contribution in [3.05, 3.63) is 57.7 Å². The molecule has 1 aliphatic rings. The van der Waals surface area contributed by atoms with Gasteiger partial charge in [-0.25, -0.2) is 0 Å². The van der Waals surface area contributed by atoms with Gasteiger partial charge in [-0.05, 0) is 45.1 Å². The minimum absolute atomic E-state index is 0.198. The van der Waals surface area contributed by atoms with E-state index >= 15 is 0 Å². The fraction of sp³-hybridized carbons (Fsp3) is 0.348. The van der Waals surface area contributed by atoms with E-state index < -0.39 is 0 Å². The van der Waals surface area contributed by atoms with Crippen LogP contribution in [0.25, 0.3) is 22.3 Å². The SMILES string of the molecule is CN1CCCCC1.COc1cc(OC)c2c(=O)cc(-c3ccccc3Cl)oc2c1. The number of benzene rings is 2. The number of hydrogen-bond acceptors (Lipinski definition) is 5. The number of rotatable bonds is 3. The van der Waals surface area contributed by atoms with Gasteiger partial charge in [0.25, 0.3) is 0 Å². The highest BCUT2D eigenvalue weighted by molar-refractivity contribution is 6.33. The van der Waals surface area contributed by atoms with Gasteiger partial charge in [0, 0.05) is 23.8 Å². The molecule has 0 radical (unpaired) electrons. The number of methoxy groups -OCH3 is 2. The van der Waals surface area contributed by atoms with Crippen LogP contribution in [0.4, 0.5) is 0 Å². The van der Waals surface area contributed by atoms with Crippen LogP contribution >= 0.6 is 11.6 Å². The maximum Gasteiger partial charge on any atom is 0.197 e. The van der Waals surface area contributed by atoms with Crippen molar-refractivity contribution >= 4 is 22.6 Å². The Balaban J connectivity index is 0.000000290. The van der Waals surface area contributed by atoms with E-state index in [1.165, 1.54) is 52.6 Å². The Morgan fingerprint density at radius 2 is 1.72 bits per heavy atom. The van der Waals surface area contributed by atoms with Crippen molar-refractivity contribution in [1.29, 1.82) is 0 Å². The molecule has 1 aromatic heterocycles. The van der Waals surface area contributed by atoms with Crippen molar-refractivity contribution < 1.29 is 13.9 Å². The van der Waals surface area contributed by atoms with E-state index in [1.807, 2.05) is 12.1 Å². The average Bonchev–Trinajstić information content (AvgIpc) is 2.74. The van der Waals surface area contributed by atoms with E-state index in [9.17, 15) is 4.79 Å². The van der Waals surface area contributed by atoms with E-state index in [0.717, 1.165) is 0 Å². The Hall–Kier alpha value is -2.50. The van der Waals surface area contributed by atoms with Crippen LogP contribution in [0.15, 0.2) is 51.7 Å². The normalized spacial score (nSPS) is 14.2. The van der Waals surface area contributed by atoms with Gasteiger partial charge >= 0.3 is 0 Å². The maximum absolute atomic E-state index is 12.4. The van der Waals surface area contributed by atoms with E-state index in [-0.39, 0.29) is 5.43 Å². The Kier molecular flexibility index (Phi) is 7.18. The summed E-state index contributed by atoms with van der Waals surface area (Å²) in [5, 5.41) is 0.888. The van der Waals surface area contributed by atoms with Crippen LogP contribution in [0.2, 0.25) is 5.02 Å². The molecule has 0 bridgehead atoms. The molecule has 3 aromatic rings. The molecule has 1 fully saturated rings. The summed E-state index contributed by atoms with van der Waals surface area (Å²) < 4.78 is 16.3. The molecule has 0 aliphatic carbocycles. The van der Waals surface area contributed by atoms with Crippen molar-refractivity contribution in [1.82, 2.24) is 4.90 Å². The predicted octanol–water partition coefficient (Wildman–Crippen LogP) is 5.23. The Labute approximate surface area is 175 Å². The molecule has 0 atom stereocenters. The van der Waals surface area contributed by atoms with Gasteiger partial charge in [-0.1, -0.05) is 30.2 Å². The van der Waals surface area contributed by atoms with E-state index in [0.29, 0.717) is 38.8 Å². The number of piperidine rings is 1. The summed E-state index contributed by atoms with van der Waals surface area (Å²) in [7, 11) is 5.23. The lowest BCUT2D eigenvalue weighted by Crippen LogP contribution is -2.24. The molecule has 2 heterocycles. The lowest BCUT2D eigenvalue weighted by Gasteiger charge is -2.20. The molecule has 0 unspecified atom stereocenters. The highest BCUT2D eigenvalue weighted by Crippen LogP contribution is 2.33. The van der Waals surface area contributed by atoms with Gasteiger partial charge in [-0.2, -0.15) is 0 Å². The van der Waals surface area contributed by atoms with Crippen molar-refractivity contribution in [3.8, 4) is 22.8 Å². The minimum atomic E-state index is -0.198. The smallest absolute Gasteiger partial charge is 0.197 e. The zero-order chi connectivity index (χ0) is 20.8. The largest absolute Gasteiger partial charge is 0.496 e. The lowest BCUT2D eigenvalue weighted by atomic mass is 10.1. The van der Waals surface area contributed by atoms with Crippen molar-refractivity contribution in [2.24, 2.45) is 0 Å². The second-order valence-corrected chi connectivity index (χ2v) is 7.43. The molecule has 4 rings (SSSR count). The van der Waals surface area contributed by atoms with Crippen LogP contribution in [0.3, 0.4) is 0 Å². The van der Waals surface area contributed by atoms with Crippen LogP contribution in [0.1, 0.15) is 19.3 Å². The summed E-state index contributed by atoms with van der Waals surface area (Å²) in [6.07, 6.45) is 4.28. The van der Waals surface area contributed by atoms with Gasteiger partial charge < -0.3 is 18.8 Å². The highest BCUT2D eigenvalue weighted by atomic mass is 35.5. The van der Waals surface area contributed by atoms with Gasteiger partial charge in [0.1, 0.15) is 28.2 Å². The Morgan fingerprint density at radius 3 is 2.31 bits per heavy atom. The van der Waals surface area contributed by atoms with Crippen LogP contribution in [0, 0.1) is 0 Å². The minimum Gasteiger partial charge on any atom is -0.496 e. The summed E-state index contributed by atoms with van der Waals surface area (Å²) in [6.45, 7) is 2.64. The number of likely N-dealkylation sites (tertiary alicyclic amines) is 1. The first-order valence-corrected chi connectivity index (χ1v) is 10.0. The molecule has 0 N–H and O–H groups in total. The zero-order valence-electron chi connectivity index (χ0n) is 17.0. The summed E-state index contributed by atoms with van der Waals surface area (Å²) >= 11 is 6.17. The highest BCUT2D eigenvalue weighted by Gasteiger charge is 2.14. The lowest BCUT2D eigenvalue weighted by molar-refractivity contribution is 0.277. The van der Waals surface area contributed by atoms with E-state index in [1.54, 1.807) is 24.3 Å². The van der Waals surface area contributed by atoms with Gasteiger partial charge in [0.05, 0.1) is 19.2 Å². The molecular weight excluding hydrogens is 390 g/mol. The molecule has 6 heteroatoms. The number of nitrogens with zero attached hydrogens (tertiary/aromatic N) is 1. The second kappa shape index (κ2) is 9.81. The fourth-order valence-electron chi connectivity index (χ4n) is 3.35. The average molecular weight is 416 g/mol. The topological polar surface area (TPSA) is 51.9 Å². The fourth-order valence-corrected chi connectivity index (χ4v) is 3.58. The molecule has 1 saturated heterocycles. The first kappa shape index (κ1) is 21.2.